The molecule has 1 rings (SSSR count). The fourth-order valence-electron chi connectivity index (χ4n) is 0.534. The van der Waals surface area contributed by atoms with Crippen molar-refractivity contribution in [3.63, 3.8) is 0 Å². The molecule has 1 N–H and O–H groups in total. The highest BCUT2D eigenvalue weighted by Gasteiger charge is 1.94. The molecule has 0 aliphatic heterocycles. The van der Waals surface area contributed by atoms with Crippen molar-refractivity contribution in [2.45, 2.75) is 6.92 Å². The molecule has 0 aromatic heterocycles. The van der Waals surface area contributed by atoms with Gasteiger partial charge < -0.3 is 0 Å². The molecule has 0 spiro atoms. The summed E-state index contributed by atoms with van der Waals surface area (Å²) in [5, 5.41) is 0. The molecule has 0 heterocycles. The van der Waals surface area contributed by atoms with Crippen LogP contribution in [0.3, 0.4) is 0 Å². The number of aryl methyl sites for hydroxylation is 1. The predicted molar refractivity (Wildman–Crippen MR) is 49.7 cm³/mol. The molecule has 74 valence electrons. The molecular weight excluding hydrogens is 192 g/mol. The lowest BCUT2D eigenvalue weighted by molar-refractivity contribution is 0.324. The Balaban J connectivity index is 0.000000226. The van der Waals surface area contributed by atoms with E-state index in [9.17, 15) is 8.42 Å². The van der Waals surface area contributed by atoms with Gasteiger partial charge in [0.1, 0.15) is 0 Å². The summed E-state index contributed by atoms with van der Waals surface area (Å²) in [6.07, 6.45) is 0. The van der Waals surface area contributed by atoms with Gasteiger partial charge in [-0.3, -0.25) is 8.74 Å². The molecule has 0 saturated heterocycles. The highest BCUT2D eigenvalue weighted by atomic mass is 32.3. The predicted octanol–water partition coefficient (Wildman–Crippen LogP) is 1.43. The van der Waals surface area contributed by atoms with Crippen molar-refractivity contribution in [1.29, 1.82) is 0 Å². The molecule has 0 bridgehead atoms. The van der Waals surface area contributed by atoms with Gasteiger partial charge in [0.25, 0.3) is 0 Å². The molecule has 0 aliphatic carbocycles. The first kappa shape index (κ1) is 12.1. The number of hydrogen-bond acceptors (Lipinski definition) is 3. The van der Waals surface area contributed by atoms with Gasteiger partial charge in [0, 0.05) is 0 Å². The van der Waals surface area contributed by atoms with Gasteiger partial charge in [0.2, 0.25) is 0 Å². The van der Waals surface area contributed by atoms with E-state index in [1.54, 1.807) is 0 Å². The van der Waals surface area contributed by atoms with Crippen LogP contribution < -0.4 is 0 Å². The van der Waals surface area contributed by atoms with Crippen LogP contribution in [0, 0.1) is 6.92 Å². The molecule has 0 atom stereocenters. The molecule has 0 amide bonds. The molecule has 0 unspecified atom stereocenters. The first-order valence-electron chi connectivity index (χ1n) is 3.50. The van der Waals surface area contributed by atoms with Crippen LogP contribution >= 0.6 is 0 Å². The van der Waals surface area contributed by atoms with Crippen LogP contribution in [0.1, 0.15) is 5.56 Å². The third-order valence-electron chi connectivity index (χ3n) is 1.15. The summed E-state index contributed by atoms with van der Waals surface area (Å²) in [5.74, 6) is 0. The monoisotopic (exact) mass is 204 g/mol. The Hall–Kier alpha value is -0.910. The first-order chi connectivity index (χ1) is 5.95. The van der Waals surface area contributed by atoms with Crippen molar-refractivity contribution >= 4 is 10.4 Å². The van der Waals surface area contributed by atoms with Crippen LogP contribution in [0.2, 0.25) is 0 Å². The first-order valence-corrected chi connectivity index (χ1v) is 4.87. The lowest BCUT2D eigenvalue weighted by atomic mass is 10.2. The second-order valence-electron chi connectivity index (χ2n) is 2.25. The van der Waals surface area contributed by atoms with Gasteiger partial charge in [0.15, 0.2) is 0 Å². The van der Waals surface area contributed by atoms with Gasteiger partial charge in [-0.1, -0.05) is 35.9 Å². The fraction of sp³-hybridized carbons (Fsp3) is 0.250. The molecule has 0 fully saturated rings. The third kappa shape index (κ3) is 9.00. The summed E-state index contributed by atoms with van der Waals surface area (Å²) in [5.41, 5.74) is 1.32. The fourth-order valence-corrected chi connectivity index (χ4v) is 0.534. The normalized spacial score (nSPS) is 10.1. The van der Waals surface area contributed by atoms with Crippen molar-refractivity contribution in [2.24, 2.45) is 0 Å². The van der Waals surface area contributed by atoms with Gasteiger partial charge in [-0.2, -0.15) is 8.42 Å². The molecule has 0 aliphatic rings. The van der Waals surface area contributed by atoms with E-state index in [0.29, 0.717) is 0 Å². The Bertz CT molecular complexity index is 317. The molecule has 0 radical (unpaired) electrons. The third-order valence-corrected chi connectivity index (χ3v) is 1.57. The molecule has 1 aromatic rings. The average Bonchev–Trinajstić information content (AvgIpc) is 2.06. The van der Waals surface area contributed by atoms with Crippen molar-refractivity contribution in [2.75, 3.05) is 7.11 Å². The Morgan fingerprint density at radius 3 is 1.77 bits per heavy atom. The van der Waals surface area contributed by atoms with Gasteiger partial charge in [-0.05, 0) is 6.92 Å². The average molecular weight is 204 g/mol. The van der Waals surface area contributed by atoms with E-state index in [0.717, 1.165) is 7.11 Å². The zero-order valence-electron chi connectivity index (χ0n) is 7.47. The topological polar surface area (TPSA) is 63.6 Å². The molecule has 1 aromatic carbocycles. The summed E-state index contributed by atoms with van der Waals surface area (Å²) in [7, 11) is -3.29. The summed E-state index contributed by atoms with van der Waals surface area (Å²) >= 11 is 0. The van der Waals surface area contributed by atoms with Crippen LogP contribution in [0.25, 0.3) is 0 Å². The zero-order chi connectivity index (χ0) is 10.3. The SMILES string of the molecule is COS(=O)(=O)O.Cc1ccccc1. The zero-order valence-corrected chi connectivity index (χ0v) is 8.28. The Morgan fingerprint density at radius 2 is 1.62 bits per heavy atom. The van der Waals surface area contributed by atoms with E-state index in [-0.39, 0.29) is 0 Å². The summed E-state index contributed by atoms with van der Waals surface area (Å²) < 4.78 is 29.7. The van der Waals surface area contributed by atoms with Gasteiger partial charge in [-0.15, -0.1) is 0 Å². The molecule has 13 heavy (non-hydrogen) atoms. The molecule has 4 nitrogen and oxygen atoms in total. The Morgan fingerprint density at radius 1 is 1.23 bits per heavy atom. The summed E-state index contributed by atoms with van der Waals surface area (Å²) in [4.78, 5) is 0. The van der Waals surface area contributed by atoms with Crippen LogP contribution in [-0.2, 0) is 14.6 Å². The molecule has 5 heteroatoms. The minimum Gasteiger partial charge on any atom is -0.264 e. The Labute approximate surface area is 78.1 Å². The van der Waals surface area contributed by atoms with E-state index in [1.807, 2.05) is 18.2 Å². The molecule has 0 saturated carbocycles. The highest BCUT2D eigenvalue weighted by Crippen LogP contribution is 1.92. The second kappa shape index (κ2) is 5.69. The van der Waals surface area contributed by atoms with Crippen LogP contribution in [0.15, 0.2) is 30.3 Å². The minimum atomic E-state index is -4.16. The van der Waals surface area contributed by atoms with Crippen molar-refractivity contribution in [3.8, 4) is 0 Å². The van der Waals surface area contributed by atoms with Crippen LogP contribution in [0.5, 0.6) is 0 Å². The van der Waals surface area contributed by atoms with Crippen molar-refractivity contribution in [3.05, 3.63) is 35.9 Å². The maximum atomic E-state index is 9.33. The minimum absolute atomic E-state index is 0.870. The van der Waals surface area contributed by atoms with E-state index < -0.39 is 10.4 Å². The number of hydrogen-bond donors (Lipinski definition) is 1. The van der Waals surface area contributed by atoms with E-state index >= 15 is 0 Å². The van der Waals surface area contributed by atoms with Gasteiger partial charge in [0.05, 0.1) is 7.11 Å². The Kier molecular flexibility index (Phi) is 5.29. The number of benzene rings is 1. The lowest BCUT2D eigenvalue weighted by Gasteiger charge is -1.82. The largest absolute Gasteiger partial charge is 0.397 e. The lowest BCUT2D eigenvalue weighted by Crippen LogP contribution is -1.96. The second-order valence-corrected chi connectivity index (χ2v) is 3.44. The summed E-state index contributed by atoms with van der Waals surface area (Å²) in [6.45, 7) is 2.08. The maximum absolute atomic E-state index is 9.33. The highest BCUT2D eigenvalue weighted by molar-refractivity contribution is 7.80. The van der Waals surface area contributed by atoms with Gasteiger partial charge >= 0.3 is 10.4 Å². The van der Waals surface area contributed by atoms with Crippen molar-refractivity contribution in [1.82, 2.24) is 0 Å². The van der Waals surface area contributed by atoms with E-state index in [2.05, 4.69) is 23.2 Å². The van der Waals surface area contributed by atoms with E-state index in [1.165, 1.54) is 5.56 Å². The van der Waals surface area contributed by atoms with E-state index in [4.69, 9.17) is 4.55 Å². The van der Waals surface area contributed by atoms with Crippen molar-refractivity contribution < 1.29 is 17.2 Å². The molecular formula is C8H12O4S. The quantitative estimate of drug-likeness (QED) is 0.703. The number of rotatable bonds is 1. The van der Waals surface area contributed by atoms with Crippen LogP contribution in [0.4, 0.5) is 0 Å². The van der Waals surface area contributed by atoms with Crippen LogP contribution in [-0.4, -0.2) is 20.1 Å². The summed E-state index contributed by atoms with van der Waals surface area (Å²) in [6, 6.07) is 10.3. The van der Waals surface area contributed by atoms with Gasteiger partial charge in [-0.25, -0.2) is 0 Å². The maximum Gasteiger partial charge on any atom is 0.397 e. The standard InChI is InChI=1S/C7H8.CH4O4S/c1-7-5-3-2-4-6-7;1-5-6(2,3)4/h2-6H,1H3;1H3,(H,2,3,4). The smallest absolute Gasteiger partial charge is 0.264 e.